The van der Waals surface area contributed by atoms with Gasteiger partial charge in [0.25, 0.3) is 0 Å². The molecule has 0 spiro atoms. The molecule has 0 saturated heterocycles. The summed E-state index contributed by atoms with van der Waals surface area (Å²) in [6.07, 6.45) is 2.10. The van der Waals surface area contributed by atoms with Gasteiger partial charge in [0.1, 0.15) is 12.2 Å². The molecule has 0 fully saturated rings. The van der Waals surface area contributed by atoms with Crippen LogP contribution in [0.25, 0.3) is 16.3 Å². The minimum Gasteiger partial charge on any atom is -0.269 e. The average molecular weight is 296 g/mol. The maximum atomic E-state index is 11.2. The molecule has 3 nitrogen and oxygen atoms in total. The fourth-order valence-corrected chi connectivity index (χ4v) is 3.37. The molecule has 1 aliphatic rings. The molecule has 22 heavy (non-hydrogen) atoms. The molecule has 2 aromatic rings. The summed E-state index contributed by atoms with van der Waals surface area (Å²) < 4.78 is 0.116. The lowest BCUT2D eigenvalue weighted by Gasteiger charge is -2.37. The van der Waals surface area contributed by atoms with Gasteiger partial charge in [-0.05, 0) is 30.7 Å². The van der Waals surface area contributed by atoms with Crippen molar-refractivity contribution in [2.75, 3.05) is 0 Å². The van der Waals surface area contributed by atoms with Crippen molar-refractivity contribution in [1.82, 2.24) is 4.65 Å². The lowest BCUT2D eigenvalue weighted by molar-refractivity contribution is -0.163. The molecule has 0 bridgehead atoms. The topological polar surface area (TPSA) is 26.3 Å². The SMILES string of the molecule is CC(C)C1=C[N+](OC=O)(C(C)C)c2cccc3cccc1c23. The van der Waals surface area contributed by atoms with Gasteiger partial charge >= 0.3 is 6.47 Å². The lowest BCUT2D eigenvalue weighted by atomic mass is 9.88. The van der Waals surface area contributed by atoms with Crippen LogP contribution in [0.4, 0.5) is 5.69 Å². The molecular formula is C19H22NO2+. The number of hydrogen-bond donors (Lipinski definition) is 0. The van der Waals surface area contributed by atoms with E-state index in [2.05, 4.69) is 64.2 Å². The summed E-state index contributed by atoms with van der Waals surface area (Å²) in [6, 6.07) is 12.7. The zero-order chi connectivity index (χ0) is 15.9. The second kappa shape index (κ2) is 5.25. The van der Waals surface area contributed by atoms with Crippen LogP contribution in [0.1, 0.15) is 33.3 Å². The molecular weight excluding hydrogens is 274 g/mol. The van der Waals surface area contributed by atoms with E-state index in [1.54, 1.807) is 0 Å². The quantitative estimate of drug-likeness (QED) is 0.606. The van der Waals surface area contributed by atoms with E-state index in [9.17, 15) is 4.79 Å². The van der Waals surface area contributed by atoms with Crippen LogP contribution in [0.15, 0.2) is 42.6 Å². The summed E-state index contributed by atoms with van der Waals surface area (Å²) in [5, 5.41) is 2.37. The largest absolute Gasteiger partial charge is 0.356 e. The molecule has 114 valence electrons. The standard InChI is InChI=1S/C19H22NO2/c1-13(2)17-11-20(14(3)4,22-12-21)18-10-6-8-15-7-5-9-16(17)19(15)18/h5-14H,1-4H3/q+1. The molecule has 2 aromatic carbocycles. The van der Waals surface area contributed by atoms with Crippen molar-refractivity contribution in [3.8, 4) is 0 Å². The molecule has 0 saturated carbocycles. The maximum absolute atomic E-state index is 11.2. The molecule has 0 N–H and O–H groups in total. The van der Waals surface area contributed by atoms with Gasteiger partial charge in [-0.25, -0.2) is 4.79 Å². The highest BCUT2D eigenvalue weighted by Crippen LogP contribution is 2.45. The second-order valence-electron chi connectivity index (χ2n) is 6.42. The number of rotatable bonds is 4. The van der Waals surface area contributed by atoms with Crippen LogP contribution in [-0.2, 0) is 9.63 Å². The van der Waals surface area contributed by atoms with Gasteiger partial charge < -0.3 is 0 Å². The number of nitrogens with zero attached hydrogens (tertiary/aromatic N) is 1. The summed E-state index contributed by atoms with van der Waals surface area (Å²) in [6.45, 7) is 9.06. The third-order valence-electron chi connectivity index (χ3n) is 4.51. The van der Waals surface area contributed by atoms with Gasteiger partial charge in [0.15, 0.2) is 5.69 Å². The minimum atomic E-state index is 0.0953. The van der Waals surface area contributed by atoms with Gasteiger partial charge in [0.2, 0.25) is 0 Å². The second-order valence-corrected chi connectivity index (χ2v) is 6.42. The Morgan fingerprint density at radius 2 is 1.73 bits per heavy atom. The number of quaternary nitrogens is 1. The molecule has 0 aromatic heterocycles. The summed E-state index contributed by atoms with van der Waals surface area (Å²) in [5.74, 6) is 0.352. The van der Waals surface area contributed by atoms with Crippen molar-refractivity contribution in [2.45, 2.75) is 33.7 Å². The van der Waals surface area contributed by atoms with Gasteiger partial charge in [-0.2, -0.15) is 0 Å². The molecule has 3 heteroatoms. The Bertz CT molecular complexity index is 756. The average Bonchev–Trinajstić information content (AvgIpc) is 2.50. The molecule has 3 rings (SSSR count). The van der Waals surface area contributed by atoms with Gasteiger partial charge in [-0.3, -0.25) is 4.84 Å². The molecule has 0 aliphatic carbocycles. The predicted octanol–water partition coefficient (Wildman–Crippen LogP) is 4.65. The highest BCUT2D eigenvalue weighted by molar-refractivity contribution is 6.04. The van der Waals surface area contributed by atoms with Crippen LogP contribution in [0.3, 0.4) is 0 Å². The number of carbonyl (C=O) groups excluding carboxylic acids is 1. The Balaban J connectivity index is 2.44. The van der Waals surface area contributed by atoms with Crippen molar-refractivity contribution < 1.29 is 9.63 Å². The van der Waals surface area contributed by atoms with Crippen molar-refractivity contribution in [3.05, 3.63) is 48.2 Å². The van der Waals surface area contributed by atoms with E-state index in [1.165, 1.54) is 21.9 Å². The lowest BCUT2D eigenvalue weighted by Crippen LogP contribution is -2.50. The normalized spacial score (nSPS) is 20.4. The van der Waals surface area contributed by atoms with Gasteiger partial charge in [-0.1, -0.05) is 48.8 Å². The van der Waals surface area contributed by atoms with Crippen molar-refractivity contribution in [1.29, 1.82) is 0 Å². The van der Waals surface area contributed by atoms with E-state index < -0.39 is 0 Å². The number of allylic oxidation sites excluding steroid dienone is 1. The number of hydroxylamine groups is 2. The first-order valence-electron chi connectivity index (χ1n) is 7.77. The van der Waals surface area contributed by atoms with Crippen LogP contribution in [-0.4, -0.2) is 12.5 Å². The van der Waals surface area contributed by atoms with Crippen molar-refractivity contribution in [3.63, 3.8) is 0 Å². The first-order valence-corrected chi connectivity index (χ1v) is 7.77. The Morgan fingerprint density at radius 1 is 1.05 bits per heavy atom. The minimum absolute atomic E-state index is 0.0953. The zero-order valence-electron chi connectivity index (χ0n) is 13.5. The predicted molar refractivity (Wildman–Crippen MR) is 90.8 cm³/mol. The summed E-state index contributed by atoms with van der Waals surface area (Å²) in [5.41, 5.74) is 3.49. The first-order chi connectivity index (χ1) is 10.5. The van der Waals surface area contributed by atoms with Gasteiger partial charge in [0, 0.05) is 11.6 Å². The molecule has 1 unspecified atom stereocenters. The number of benzene rings is 2. The van der Waals surface area contributed by atoms with Crippen LogP contribution in [0, 0.1) is 5.92 Å². The van der Waals surface area contributed by atoms with E-state index in [-0.39, 0.29) is 10.7 Å². The fraction of sp³-hybridized carbons (Fsp3) is 0.316. The number of hydrogen-bond acceptors (Lipinski definition) is 2. The van der Waals surface area contributed by atoms with E-state index in [0.717, 1.165) is 5.69 Å². The van der Waals surface area contributed by atoms with Crippen molar-refractivity contribution >= 4 is 28.5 Å². The van der Waals surface area contributed by atoms with E-state index in [0.29, 0.717) is 12.4 Å². The maximum Gasteiger partial charge on any atom is 0.356 e. The van der Waals surface area contributed by atoms with E-state index in [4.69, 9.17) is 4.84 Å². The van der Waals surface area contributed by atoms with Crippen LogP contribution in [0.5, 0.6) is 0 Å². The van der Waals surface area contributed by atoms with Crippen LogP contribution in [0.2, 0.25) is 0 Å². The highest BCUT2D eigenvalue weighted by Gasteiger charge is 2.42. The zero-order valence-corrected chi connectivity index (χ0v) is 13.5. The Labute approximate surface area is 131 Å². The summed E-state index contributed by atoms with van der Waals surface area (Å²) in [7, 11) is 0. The van der Waals surface area contributed by atoms with E-state index in [1.807, 2.05) is 6.07 Å². The van der Waals surface area contributed by atoms with Gasteiger partial charge in [-0.15, -0.1) is 0 Å². The Hall–Kier alpha value is -2.13. The van der Waals surface area contributed by atoms with Crippen LogP contribution < -0.4 is 4.65 Å². The molecule has 1 atom stereocenters. The fourth-order valence-electron chi connectivity index (χ4n) is 3.37. The van der Waals surface area contributed by atoms with Gasteiger partial charge in [0.05, 0.1) is 5.39 Å². The molecule has 1 heterocycles. The van der Waals surface area contributed by atoms with Crippen LogP contribution >= 0.6 is 0 Å². The highest BCUT2D eigenvalue weighted by atomic mass is 16.7. The summed E-state index contributed by atoms with van der Waals surface area (Å²) >= 11 is 0. The smallest absolute Gasteiger partial charge is 0.269 e. The third kappa shape index (κ3) is 1.97. The Morgan fingerprint density at radius 3 is 2.32 bits per heavy atom. The molecule has 0 amide bonds. The summed E-state index contributed by atoms with van der Waals surface area (Å²) in [4.78, 5) is 16.9. The first kappa shape index (κ1) is 14.8. The third-order valence-corrected chi connectivity index (χ3v) is 4.51. The van der Waals surface area contributed by atoms with Crippen molar-refractivity contribution in [2.24, 2.45) is 5.92 Å². The van der Waals surface area contributed by atoms with E-state index >= 15 is 0 Å². The Kier molecular flexibility index (Phi) is 3.53. The molecule has 1 aliphatic heterocycles. The number of carbonyl (C=O) groups is 1. The molecule has 0 radical (unpaired) electrons. The monoisotopic (exact) mass is 296 g/mol.